The van der Waals surface area contributed by atoms with E-state index in [9.17, 15) is 19.8 Å². The minimum absolute atomic E-state index is 0.0291. The number of aliphatic hydroxyl groups is 1. The molecule has 0 amide bonds. The summed E-state index contributed by atoms with van der Waals surface area (Å²) in [5.41, 5.74) is 0. The normalized spacial score (nSPS) is 31.6. The molecule has 9 heteroatoms. The summed E-state index contributed by atoms with van der Waals surface area (Å²) in [7, 11) is 4.31. The highest BCUT2D eigenvalue weighted by Crippen LogP contribution is 2.39. The first-order chi connectivity index (χ1) is 22.4. The maximum atomic E-state index is 13.7. The van der Waals surface area contributed by atoms with Crippen LogP contribution in [-0.4, -0.2) is 96.0 Å². The molecule has 3 aliphatic heterocycles. The van der Waals surface area contributed by atoms with E-state index < -0.39 is 18.0 Å². The van der Waals surface area contributed by atoms with Crippen LogP contribution in [0.2, 0.25) is 0 Å². The molecule has 9 nitrogen and oxygen atoms in total. The maximum absolute atomic E-state index is 13.7. The lowest BCUT2D eigenvalue weighted by molar-refractivity contribution is -0.167. The molecule has 3 heterocycles. The second-order valence-corrected chi connectivity index (χ2v) is 15.3. The first-order valence-electron chi connectivity index (χ1n) is 19.1. The molecule has 0 spiro atoms. The van der Waals surface area contributed by atoms with Gasteiger partial charge in [0.2, 0.25) is 0 Å². The zero-order valence-corrected chi connectivity index (χ0v) is 31.1. The average Bonchev–Trinajstić information content (AvgIpc) is 3.82. The number of aliphatic carboxylic acids is 1. The summed E-state index contributed by atoms with van der Waals surface area (Å²) in [4.78, 5) is 27.5. The van der Waals surface area contributed by atoms with Gasteiger partial charge < -0.3 is 34.1 Å². The van der Waals surface area contributed by atoms with Crippen molar-refractivity contribution in [3.8, 4) is 0 Å². The molecule has 14 atom stereocenters. The van der Waals surface area contributed by atoms with Gasteiger partial charge in [-0.15, -0.1) is 0 Å². The van der Waals surface area contributed by atoms with Crippen molar-refractivity contribution in [2.24, 2.45) is 29.6 Å². The van der Waals surface area contributed by atoms with Crippen molar-refractivity contribution >= 4 is 11.9 Å². The number of hydrogen-bond donors (Lipinski definition) is 2. The third-order valence-electron chi connectivity index (χ3n) is 11.9. The smallest absolute Gasteiger partial charge is 0.311 e. The highest BCUT2D eigenvalue weighted by molar-refractivity contribution is 5.73. The molecule has 0 unspecified atom stereocenters. The number of carboxylic acids is 1. The molecule has 3 rings (SSSR count). The Morgan fingerprint density at radius 1 is 0.766 bits per heavy atom. The van der Waals surface area contributed by atoms with Crippen molar-refractivity contribution in [3.05, 3.63) is 0 Å². The van der Waals surface area contributed by atoms with E-state index in [-0.39, 0.29) is 72.4 Å². The molecule has 47 heavy (non-hydrogen) atoms. The average molecular weight is 668 g/mol. The molecule has 274 valence electrons. The first-order valence-corrected chi connectivity index (χ1v) is 19.1. The van der Waals surface area contributed by atoms with Crippen molar-refractivity contribution in [2.75, 3.05) is 14.1 Å². The molecule has 0 aromatic rings. The van der Waals surface area contributed by atoms with Gasteiger partial charge in [-0.3, -0.25) is 9.59 Å². The van der Waals surface area contributed by atoms with Crippen LogP contribution in [0, 0.1) is 29.6 Å². The summed E-state index contributed by atoms with van der Waals surface area (Å²) in [5.74, 6) is -2.03. The van der Waals surface area contributed by atoms with Gasteiger partial charge in [0.25, 0.3) is 0 Å². The van der Waals surface area contributed by atoms with E-state index >= 15 is 0 Å². The number of aliphatic hydroxyl groups excluding tert-OH is 1. The molecular formula is C38H69NO8. The highest BCUT2D eigenvalue weighted by Gasteiger charge is 2.44. The molecule has 0 aromatic carbocycles. The van der Waals surface area contributed by atoms with E-state index in [0.29, 0.717) is 18.9 Å². The number of ether oxygens (including phenoxy) is 4. The van der Waals surface area contributed by atoms with Crippen molar-refractivity contribution in [2.45, 2.75) is 187 Å². The third-order valence-corrected chi connectivity index (χ3v) is 11.9. The number of carboxylic acid groups (broad SMARTS) is 1. The van der Waals surface area contributed by atoms with Crippen LogP contribution in [0.5, 0.6) is 0 Å². The van der Waals surface area contributed by atoms with Gasteiger partial charge in [-0.25, -0.2) is 0 Å². The fourth-order valence-corrected chi connectivity index (χ4v) is 8.53. The van der Waals surface area contributed by atoms with Crippen LogP contribution in [0.3, 0.4) is 0 Å². The van der Waals surface area contributed by atoms with Gasteiger partial charge in [0.15, 0.2) is 0 Å². The fraction of sp³-hybridized carbons (Fsp3) is 0.947. The largest absolute Gasteiger partial charge is 0.481 e. The molecule has 3 saturated heterocycles. The van der Waals surface area contributed by atoms with E-state index in [1.54, 1.807) is 6.92 Å². The Kier molecular flexibility index (Phi) is 16.4. The molecule has 0 saturated carbocycles. The number of esters is 1. The Labute approximate surface area is 285 Å². The number of nitrogens with zero attached hydrogens (tertiary/aromatic N) is 1. The Bertz CT molecular complexity index is 947. The van der Waals surface area contributed by atoms with Gasteiger partial charge >= 0.3 is 11.9 Å². The van der Waals surface area contributed by atoms with Crippen LogP contribution < -0.4 is 0 Å². The molecule has 3 aliphatic rings. The van der Waals surface area contributed by atoms with Crippen molar-refractivity contribution in [3.63, 3.8) is 0 Å². The minimum Gasteiger partial charge on any atom is -0.481 e. The first kappa shape index (κ1) is 40.2. The minimum atomic E-state index is -0.843. The van der Waals surface area contributed by atoms with Crippen LogP contribution in [0.1, 0.15) is 132 Å². The summed E-state index contributed by atoms with van der Waals surface area (Å²) in [6, 6.07) is 0.520. The molecule has 2 N–H and O–H groups in total. The topological polar surface area (TPSA) is 115 Å². The zero-order valence-electron chi connectivity index (χ0n) is 31.1. The predicted molar refractivity (Wildman–Crippen MR) is 184 cm³/mol. The van der Waals surface area contributed by atoms with Gasteiger partial charge in [0, 0.05) is 23.8 Å². The van der Waals surface area contributed by atoms with Gasteiger partial charge in [-0.1, -0.05) is 54.4 Å². The summed E-state index contributed by atoms with van der Waals surface area (Å²) in [5, 5.41) is 21.1. The lowest BCUT2D eigenvalue weighted by Gasteiger charge is -2.34. The summed E-state index contributed by atoms with van der Waals surface area (Å²) < 4.78 is 25.6. The van der Waals surface area contributed by atoms with E-state index in [1.807, 2.05) is 6.92 Å². The standard InChI is InChI=1S/C38H69NO8/c1-10-14-26(39(8)9)22-27-16-17-34(44-27)28(12-3)36(40)24(6)32-20-21-35(46-32)29(13-4)38(43)47-30(15-11-2)23(5)31-18-19-33(45-31)25(7)37(41)42/h23-36,40H,10-22H2,1-9H3,(H,41,42)/t23-,24-,25-,26-,27+,28-,29+,30+,31+,32+,33-,34-,35-,36-/m1/s1. The second-order valence-electron chi connectivity index (χ2n) is 15.3. The van der Waals surface area contributed by atoms with Crippen LogP contribution >= 0.6 is 0 Å². The molecule has 0 radical (unpaired) electrons. The third kappa shape index (κ3) is 10.6. The van der Waals surface area contributed by atoms with Gasteiger partial charge in [-0.2, -0.15) is 0 Å². The van der Waals surface area contributed by atoms with Gasteiger partial charge in [0.1, 0.15) is 6.10 Å². The van der Waals surface area contributed by atoms with Crippen molar-refractivity contribution in [1.82, 2.24) is 4.90 Å². The predicted octanol–water partition coefficient (Wildman–Crippen LogP) is 6.87. The van der Waals surface area contributed by atoms with E-state index in [0.717, 1.165) is 64.2 Å². The second kappa shape index (κ2) is 19.2. The molecule has 0 bridgehead atoms. The Morgan fingerprint density at radius 3 is 1.91 bits per heavy atom. The maximum Gasteiger partial charge on any atom is 0.311 e. The summed E-state index contributed by atoms with van der Waals surface area (Å²) >= 11 is 0. The number of rotatable bonds is 20. The molecule has 3 fully saturated rings. The Balaban J connectivity index is 1.56. The molecule has 0 aliphatic carbocycles. The van der Waals surface area contributed by atoms with Gasteiger partial charge in [-0.05, 0) is 91.6 Å². The summed E-state index contributed by atoms with van der Waals surface area (Å²) in [6.07, 6.45) is 10.2. The SMILES string of the molecule is CCC[C@H](C[C@@H]1CC[C@H]([C@@H](CC)[C@H](O)[C@H](C)[C@@H]2CC[C@H]([C@H](CC)C(=O)O[C@@H](CCC)[C@@H](C)[C@@H]3CC[C@H]([C@@H](C)C(=O)O)O3)O2)O1)N(C)C. The number of carbonyl (C=O) groups excluding carboxylic acids is 1. The van der Waals surface area contributed by atoms with Crippen LogP contribution in [0.25, 0.3) is 0 Å². The Morgan fingerprint density at radius 2 is 1.34 bits per heavy atom. The van der Waals surface area contributed by atoms with Crippen molar-refractivity contribution < 1.29 is 38.7 Å². The van der Waals surface area contributed by atoms with E-state index in [2.05, 4.69) is 53.6 Å². The summed E-state index contributed by atoms with van der Waals surface area (Å²) in [6.45, 7) is 14.3. The monoisotopic (exact) mass is 668 g/mol. The lowest BCUT2D eigenvalue weighted by atomic mass is 9.82. The zero-order chi connectivity index (χ0) is 34.8. The van der Waals surface area contributed by atoms with Gasteiger partial charge in [0.05, 0.1) is 54.6 Å². The number of carbonyl (C=O) groups is 2. The lowest BCUT2D eigenvalue weighted by Crippen LogP contribution is -2.41. The Hall–Kier alpha value is -1.26. The van der Waals surface area contributed by atoms with E-state index in [4.69, 9.17) is 18.9 Å². The quantitative estimate of drug-likeness (QED) is 0.134. The fourth-order valence-electron chi connectivity index (χ4n) is 8.53. The number of hydrogen-bond acceptors (Lipinski definition) is 8. The van der Waals surface area contributed by atoms with Crippen LogP contribution in [0.4, 0.5) is 0 Å². The van der Waals surface area contributed by atoms with Crippen LogP contribution in [-0.2, 0) is 28.5 Å². The van der Waals surface area contributed by atoms with E-state index in [1.165, 1.54) is 6.42 Å². The molecular weight excluding hydrogens is 598 g/mol. The van der Waals surface area contributed by atoms with Crippen molar-refractivity contribution in [1.29, 1.82) is 0 Å². The molecule has 0 aromatic heterocycles. The van der Waals surface area contributed by atoms with Crippen LogP contribution in [0.15, 0.2) is 0 Å². The highest BCUT2D eigenvalue weighted by atomic mass is 16.6.